The van der Waals surface area contributed by atoms with Crippen molar-refractivity contribution in [1.29, 1.82) is 0 Å². The fourth-order valence-corrected chi connectivity index (χ4v) is 2.41. The summed E-state index contributed by atoms with van der Waals surface area (Å²) in [6, 6.07) is 5.59. The van der Waals surface area contributed by atoms with Gasteiger partial charge in [-0.25, -0.2) is 0 Å². The van der Waals surface area contributed by atoms with E-state index in [-0.39, 0.29) is 23.8 Å². The molecule has 3 rings (SSSR count). The minimum atomic E-state index is -0.286. The van der Waals surface area contributed by atoms with Gasteiger partial charge < -0.3 is 10.5 Å². The number of hydrogen-bond donors (Lipinski definition) is 1. The SMILES string of the molecule is NC(=O)C1C2Oc3c(Cl)cccc3C21. The number of hydrogen-bond acceptors (Lipinski definition) is 2. The van der Waals surface area contributed by atoms with Crippen molar-refractivity contribution in [2.24, 2.45) is 11.7 Å². The first-order valence-electron chi connectivity index (χ1n) is 4.44. The van der Waals surface area contributed by atoms with Gasteiger partial charge in [0, 0.05) is 11.5 Å². The second kappa shape index (κ2) is 2.42. The molecule has 1 fully saturated rings. The zero-order valence-corrected chi connectivity index (χ0v) is 7.99. The van der Waals surface area contributed by atoms with E-state index in [1.54, 1.807) is 6.07 Å². The van der Waals surface area contributed by atoms with Crippen molar-refractivity contribution in [3.63, 3.8) is 0 Å². The van der Waals surface area contributed by atoms with Gasteiger partial charge in [0.15, 0.2) is 0 Å². The van der Waals surface area contributed by atoms with Crippen LogP contribution in [0.1, 0.15) is 11.5 Å². The Morgan fingerprint density at radius 3 is 3.00 bits per heavy atom. The van der Waals surface area contributed by atoms with Crippen molar-refractivity contribution < 1.29 is 9.53 Å². The number of carbonyl (C=O) groups excluding carboxylic acids is 1. The average molecular weight is 210 g/mol. The van der Waals surface area contributed by atoms with Gasteiger partial charge >= 0.3 is 0 Å². The second-order valence-electron chi connectivity index (χ2n) is 3.69. The van der Waals surface area contributed by atoms with Crippen molar-refractivity contribution in [3.05, 3.63) is 28.8 Å². The summed E-state index contributed by atoms with van der Waals surface area (Å²) in [5.41, 5.74) is 6.25. The summed E-state index contributed by atoms with van der Waals surface area (Å²) in [5, 5.41) is 0.609. The highest BCUT2D eigenvalue weighted by Crippen LogP contribution is 2.59. The lowest BCUT2D eigenvalue weighted by molar-refractivity contribution is -0.119. The molecule has 3 unspecified atom stereocenters. The summed E-state index contributed by atoms with van der Waals surface area (Å²) in [7, 11) is 0. The van der Waals surface area contributed by atoms with E-state index in [2.05, 4.69) is 0 Å². The summed E-state index contributed by atoms with van der Waals surface area (Å²) in [6.45, 7) is 0. The molecule has 1 heterocycles. The molecule has 1 saturated carbocycles. The fourth-order valence-electron chi connectivity index (χ4n) is 2.19. The van der Waals surface area contributed by atoms with Crippen LogP contribution in [-0.4, -0.2) is 12.0 Å². The molecule has 1 aliphatic carbocycles. The van der Waals surface area contributed by atoms with Crippen molar-refractivity contribution >= 4 is 17.5 Å². The first kappa shape index (κ1) is 8.12. The van der Waals surface area contributed by atoms with Crippen LogP contribution in [-0.2, 0) is 4.79 Å². The van der Waals surface area contributed by atoms with Crippen LogP contribution in [0.5, 0.6) is 5.75 Å². The Bertz CT molecular complexity index is 432. The molecule has 2 aliphatic rings. The van der Waals surface area contributed by atoms with E-state index in [0.29, 0.717) is 5.02 Å². The molecule has 1 aliphatic heterocycles. The van der Waals surface area contributed by atoms with Crippen molar-refractivity contribution in [1.82, 2.24) is 0 Å². The molecule has 72 valence electrons. The maximum Gasteiger partial charge on any atom is 0.225 e. The number of ether oxygens (including phenoxy) is 1. The van der Waals surface area contributed by atoms with Gasteiger partial charge in [0.1, 0.15) is 11.9 Å². The van der Waals surface area contributed by atoms with Gasteiger partial charge in [0.25, 0.3) is 0 Å². The van der Waals surface area contributed by atoms with Gasteiger partial charge in [-0.05, 0) is 6.07 Å². The van der Waals surface area contributed by atoms with Gasteiger partial charge in [0.05, 0.1) is 10.9 Å². The Balaban J connectivity index is 2.03. The molecule has 0 saturated heterocycles. The highest BCUT2D eigenvalue weighted by atomic mass is 35.5. The predicted octanol–water partition coefficient (Wildman–Crippen LogP) is 1.30. The average Bonchev–Trinajstić information content (AvgIpc) is 2.73. The molecule has 1 aromatic carbocycles. The normalized spacial score (nSPS) is 31.6. The van der Waals surface area contributed by atoms with E-state index in [4.69, 9.17) is 22.1 Å². The van der Waals surface area contributed by atoms with E-state index in [1.807, 2.05) is 12.1 Å². The molecular formula is C10H8ClNO2. The van der Waals surface area contributed by atoms with E-state index in [1.165, 1.54) is 0 Å². The Morgan fingerprint density at radius 2 is 2.29 bits per heavy atom. The summed E-state index contributed by atoms with van der Waals surface area (Å²) in [4.78, 5) is 11.0. The molecular weight excluding hydrogens is 202 g/mol. The number of amides is 1. The standard InChI is InChI=1S/C10H8ClNO2/c11-5-3-1-2-4-6-7(10(12)13)9(6)14-8(4)5/h1-3,6-7,9H,(H2,12,13). The predicted molar refractivity (Wildman–Crippen MR) is 51.3 cm³/mol. The molecule has 0 aromatic heterocycles. The van der Waals surface area contributed by atoms with Gasteiger partial charge in [-0.15, -0.1) is 0 Å². The zero-order chi connectivity index (χ0) is 9.87. The third kappa shape index (κ3) is 0.852. The molecule has 14 heavy (non-hydrogen) atoms. The van der Waals surface area contributed by atoms with Gasteiger partial charge in [-0.1, -0.05) is 23.7 Å². The van der Waals surface area contributed by atoms with Crippen LogP contribution in [0.3, 0.4) is 0 Å². The monoisotopic (exact) mass is 209 g/mol. The number of fused-ring (bicyclic) bond motifs is 3. The number of rotatable bonds is 1. The van der Waals surface area contributed by atoms with E-state index in [0.717, 1.165) is 11.3 Å². The Kier molecular flexibility index (Phi) is 1.40. The molecule has 1 amide bonds. The number of primary amides is 1. The van der Waals surface area contributed by atoms with Crippen LogP contribution in [0, 0.1) is 5.92 Å². The first-order chi connectivity index (χ1) is 6.70. The lowest BCUT2D eigenvalue weighted by Crippen LogP contribution is -2.18. The Hall–Kier alpha value is -1.22. The number of nitrogens with two attached hydrogens (primary N) is 1. The molecule has 3 nitrogen and oxygen atoms in total. The largest absolute Gasteiger partial charge is 0.487 e. The number of carbonyl (C=O) groups is 1. The van der Waals surface area contributed by atoms with E-state index in [9.17, 15) is 4.79 Å². The number of benzene rings is 1. The minimum Gasteiger partial charge on any atom is -0.487 e. The van der Waals surface area contributed by atoms with Crippen LogP contribution in [0.15, 0.2) is 18.2 Å². The third-order valence-corrected chi connectivity index (χ3v) is 3.19. The van der Waals surface area contributed by atoms with Gasteiger partial charge in [0.2, 0.25) is 5.91 Å². The molecule has 0 spiro atoms. The van der Waals surface area contributed by atoms with Crippen LogP contribution in [0.4, 0.5) is 0 Å². The van der Waals surface area contributed by atoms with Crippen molar-refractivity contribution in [2.45, 2.75) is 12.0 Å². The molecule has 3 atom stereocenters. The molecule has 0 radical (unpaired) electrons. The molecule has 1 aromatic rings. The lowest BCUT2D eigenvalue weighted by atomic mass is 10.1. The smallest absolute Gasteiger partial charge is 0.225 e. The highest BCUT2D eigenvalue weighted by molar-refractivity contribution is 6.32. The van der Waals surface area contributed by atoms with Crippen LogP contribution in [0.25, 0.3) is 0 Å². The fraction of sp³-hybridized carbons (Fsp3) is 0.300. The van der Waals surface area contributed by atoms with Gasteiger partial charge in [-0.3, -0.25) is 4.79 Å². The second-order valence-corrected chi connectivity index (χ2v) is 4.10. The summed E-state index contributed by atoms with van der Waals surface area (Å²) >= 11 is 5.94. The summed E-state index contributed by atoms with van der Waals surface area (Å²) in [5.74, 6) is 0.425. The summed E-state index contributed by atoms with van der Waals surface area (Å²) < 4.78 is 5.55. The van der Waals surface area contributed by atoms with E-state index < -0.39 is 0 Å². The maximum atomic E-state index is 11.0. The van der Waals surface area contributed by atoms with Crippen LogP contribution in [0.2, 0.25) is 5.02 Å². The number of para-hydroxylation sites is 1. The Labute approximate surface area is 85.8 Å². The van der Waals surface area contributed by atoms with Crippen molar-refractivity contribution in [2.75, 3.05) is 0 Å². The minimum absolute atomic E-state index is 0.0672. The third-order valence-electron chi connectivity index (χ3n) is 2.89. The first-order valence-corrected chi connectivity index (χ1v) is 4.82. The van der Waals surface area contributed by atoms with Crippen LogP contribution >= 0.6 is 11.6 Å². The summed E-state index contributed by atoms with van der Waals surface area (Å²) in [6.07, 6.45) is -0.0672. The highest BCUT2D eigenvalue weighted by Gasteiger charge is 2.62. The number of halogens is 1. The molecule has 0 bridgehead atoms. The zero-order valence-electron chi connectivity index (χ0n) is 7.24. The van der Waals surface area contributed by atoms with E-state index >= 15 is 0 Å². The van der Waals surface area contributed by atoms with Crippen LogP contribution < -0.4 is 10.5 Å². The molecule has 2 N–H and O–H groups in total. The van der Waals surface area contributed by atoms with Crippen molar-refractivity contribution in [3.8, 4) is 5.75 Å². The lowest BCUT2D eigenvalue weighted by Gasteiger charge is -2.07. The Morgan fingerprint density at radius 1 is 1.50 bits per heavy atom. The maximum absolute atomic E-state index is 11.0. The van der Waals surface area contributed by atoms with Gasteiger partial charge in [-0.2, -0.15) is 0 Å². The topological polar surface area (TPSA) is 52.3 Å². The quantitative estimate of drug-likeness (QED) is 0.758. The molecule has 4 heteroatoms.